The first-order chi connectivity index (χ1) is 9.96. The maximum absolute atomic E-state index is 4.54. The van der Waals surface area contributed by atoms with E-state index in [0.29, 0.717) is 0 Å². The molecule has 0 rings (SSSR count). The van der Waals surface area contributed by atoms with Crippen LogP contribution in [0.5, 0.6) is 0 Å². The summed E-state index contributed by atoms with van der Waals surface area (Å²) >= 11 is 4.54. The van der Waals surface area contributed by atoms with Gasteiger partial charge in [-0.05, 0) is 0 Å². The standard InChI is InChI=1S/C20H44BrP/c1-17(2)9-13-22(21,14-10-18(3)4,15-11-19(5)6)16-12-20(7)8/h17-20H,9-16H2,1-8H3. The Labute approximate surface area is 150 Å². The van der Waals surface area contributed by atoms with Crippen molar-refractivity contribution in [2.75, 3.05) is 24.6 Å². The molecule has 2 heteroatoms. The summed E-state index contributed by atoms with van der Waals surface area (Å²) in [6, 6.07) is 0. The molecule has 0 nitrogen and oxygen atoms in total. The van der Waals surface area contributed by atoms with Gasteiger partial charge in [0.1, 0.15) is 0 Å². The summed E-state index contributed by atoms with van der Waals surface area (Å²) in [7, 11) is 0. The molecule has 0 aliphatic heterocycles. The first kappa shape index (κ1) is 22.9. The van der Waals surface area contributed by atoms with Crippen LogP contribution < -0.4 is 0 Å². The molecule has 0 heterocycles. The Kier molecular flexibility index (Phi) is 10.4. The van der Waals surface area contributed by atoms with Gasteiger partial charge in [0.2, 0.25) is 0 Å². The molecule has 0 bridgehead atoms. The molecule has 0 radical (unpaired) electrons. The minimum absolute atomic E-state index is 0.830. The summed E-state index contributed by atoms with van der Waals surface area (Å²) < 4.78 is 0. The Morgan fingerprint density at radius 1 is 0.500 bits per heavy atom. The van der Waals surface area contributed by atoms with Gasteiger partial charge in [-0.3, -0.25) is 0 Å². The monoisotopic (exact) mass is 394 g/mol. The molecule has 0 saturated carbocycles. The molecule has 0 aromatic carbocycles. The predicted molar refractivity (Wildman–Crippen MR) is 113 cm³/mol. The van der Waals surface area contributed by atoms with Crippen molar-refractivity contribution in [3.63, 3.8) is 0 Å². The molecule has 0 aliphatic rings. The summed E-state index contributed by atoms with van der Waals surface area (Å²) in [5, 5.41) is -1.72. The molecule has 0 saturated heterocycles. The van der Waals surface area contributed by atoms with Crippen LogP contribution in [-0.2, 0) is 0 Å². The molecule has 0 atom stereocenters. The van der Waals surface area contributed by atoms with Crippen molar-refractivity contribution in [1.82, 2.24) is 0 Å². The van der Waals surface area contributed by atoms with Gasteiger partial charge in [-0.15, -0.1) is 0 Å². The number of hydrogen-bond acceptors (Lipinski definition) is 0. The fourth-order valence-corrected chi connectivity index (χ4v) is 11.4. The molecule has 22 heavy (non-hydrogen) atoms. The van der Waals surface area contributed by atoms with E-state index in [1.54, 1.807) is 0 Å². The summed E-state index contributed by atoms with van der Waals surface area (Å²) in [5.41, 5.74) is 0. The van der Waals surface area contributed by atoms with Crippen molar-refractivity contribution in [1.29, 1.82) is 0 Å². The van der Waals surface area contributed by atoms with Crippen LogP contribution in [0.25, 0.3) is 0 Å². The SMILES string of the molecule is CC(C)CCP(Br)(CCC(C)C)(CCC(C)C)CCC(C)C. The van der Waals surface area contributed by atoms with Gasteiger partial charge in [-0.1, -0.05) is 0 Å². The van der Waals surface area contributed by atoms with Crippen molar-refractivity contribution < 1.29 is 0 Å². The zero-order valence-electron chi connectivity index (χ0n) is 16.8. The molecule has 136 valence electrons. The Balaban J connectivity index is 5.24. The Bertz CT molecular complexity index is 235. The van der Waals surface area contributed by atoms with E-state index in [2.05, 4.69) is 70.9 Å². The molecule has 0 fully saturated rings. The summed E-state index contributed by atoms with van der Waals surface area (Å²) in [5.74, 6) is 3.32. The quantitative estimate of drug-likeness (QED) is 0.293. The van der Waals surface area contributed by atoms with Gasteiger partial charge in [-0.2, -0.15) is 0 Å². The number of halogens is 1. The van der Waals surface area contributed by atoms with Gasteiger partial charge in [0, 0.05) is 0 Å². The zero-order chi connectivity index (χ0) is 17.4. The zero-order valence-corrected chi connectivity index (χ0v) is 19.3. The molecule has 0 amide bonds. The molecule has 0 aliphatic carbocycles. The van der Waals surface area contributed by atoms with E-state index in [9.17, 15) is 0 Å². The van der Waals surface area contributed by atoms with Crippen LogP contribution in [0.2, 0.25) is 0 Å². The summed E-state index contributed by atoms with van der Waals surface area (Å²) in [6.45, 7) is 19.1. The molecule has 0 unspecified atom stereocenters. The van der Waals surface area contributed by atoms with Crippen LogP contribution in [0.4, 0.5) is 0 Å². The fourth-order valence-electron chi connectivity index (χ4n) is 2.99. The van der Waals surface area contributed by atoms with Crippen molar-refractivity contribution in [3.05, 3.63) is 0 Å². The van der Waals surface area contributed by atoms with Crippen LogP contribution in [0.3, 0.4) is 0 Å². The predicted octanol–water partition coefficient (Wildman–Crippen LogP) is 8.03. The van der Waals surface area contributed by atoms with Gasteiger partial charge < -0.3 is 0 Å². The van der Waals surface area contributed by atoms with Crippen molar-refractivity contribution in [2.45, 2.75) is 81.1 Å². The number of rotatable bonds is 12. The van der Waals surface area contributed by atoms with E-state index >= 15 is 0 Å². The normalized spacial score (nSPS) is 15.0. The molecular weight excluding hydrogens is 351 g/mol. The molecule has 0 N–H and O–H groups in total. The second-order valence-corrected chi connectivity index (χ2v) is 20.9. The van der Waals surface area contributed by atoms with Gasteiger partial charge >= 0.3 is 150 Å². The number of hydrogen-bond donors (Lipinski definition) is 0. The van der Waals surface area contributed by atoms with Crippen LogP contribution >= 0.6 is 20.8 Å². The third kappa shape index (κ3) is 9.92. The van der Waals surface area contributed by atoms with Gasteiger partial charge in [0.05, 0.1) is 0 Å². The minimum atomic E-state index is -1.72. The first-order valence-corrected chi connectivity index (χ1v) is 14.7. The van der Waals surface area contributed by atoms with Crippen LogP contribution in [0, 0.1) is 23.7 Å². The molecule has 0 spiro atoms. The van der Waals surface area contributed by atoms with E-state index in [4.69, 9.17) is 0 Å². The fraction of sp³-hybridized carbons (Fsp3) is 1.00. The van der Waals surface area contributed by atoms with Crippen LogP contribution in [-0.4, -0.2) is 24.6 Å². The van der Waals surface area contributed by atoms with Crippen molar-refractivity contribution in [3.8, 4) is 0 Å². The molecular formula is C20H44BrP. The van der Waals surface area contributed by atoms with Crippen LogP contribution in [0.15, 0.2) is 0 Å². The Hall–Kier alpha value is 0.910. The molecule has 0 aromatic heterocycles. The van der Waals surface area contributed by atoms with Crippen molar-refractivity contribution >= 4 is 20.8 Å². The van der Waals surface area contributed by atoms with Gasteiger partial charge in [0.25, 0.3) is 0 Å². The van der Waals surface area contributed by atoms with Gasteiger partial charge in [0.15, 0.2) is 0 Å². The van der Waals surface area contributed by atoms with E-state index in [1.807, 2.05) is 0 Å². The summed E-state index contributed by atoms with van der Waals surface area (Å²) in [4.78, 5) is 0. The van der Waals surface area contributed by atoms with Gasteiger partial charge in [-0.25, -0.2) is 0 Å². The maximum atomic E-state index is 4.54. The Morgan fingerprint density at radius 2 is 0.682 bits per heavy atom. The average molecular weight is 395 g/mol. The Morgan fingerprint density at radius 3 is 0.818 bits per heavy atom. The molecule has 0 aromatic rings. The first-order valence-electron chi connectivity index (χ1n) is 9.69. The topological polar surface area (TPSA) is 0 Å². The van der Waals surface area contributed by atoms with Crippen molar-refractivity contribution in [2.24, 2.45) is 23.7 Å². The van der Waals surface area contributed by atoms with E-state index < -0.39 is 5.31 Å². The summed E-state index contributed by atoms with van der Waals surface area (Å²) in [6.07, 6.45) is 11.5. The van der Waals surface area contributed by atoms with E-state index in [1.165, 1.54) is 50.3 Å². The third-order valence-corrected chi connectivity index (χ3v) is 14.8. The second-order valence-electron chi connectivity index (χ2n) is 9.44. The third-order valence-electron chi connectivity index (χ3n) is 5.06. The second kappa shape index (κ2) is 10.0. The van der Waals surface area contributed by atoms with Crippen LogP contribution in [0.1, 0.15) is 81.1 Å². The van der Waals surface area contributed by atoms with E-state index in [0.717, 1.165) is 23.7 Å². The van der Waals surface area contributed by atoms with E-state index in [-0.39, 0.29) is 0 Å². The average Bonchev–Trinajstić information content (AvgIpc) is 2.40.